The number of hydrogen-bond acceptors (Lipinski definition) is 8. The van der Waals surface area contributed by atoms with Gasteiger partial charge in [0.25, 0.3) is 5.91 Å². The molecule has 0 bridgehead atoms. The predicted octanol–water partition coefficient (Wildman–Crippen LogP) is 1.12. The second-order valence-electron chi connectivity index (χ2n) is 4.70. The number of amides is 1. The number of rotatable bonds is 5. The molecule has 9 heteroatoms. The summed E-state index contributed by atoms with van der Waals surface area (Å²) >= 11 is 0. The molecule has 0 saturated carbocycles. The first-order valence-electron chi connectivity index (χ1n) is 6.97. The monoisotopic (exact) mass is 323 g/mol. The summed E-state index contributed by atoms with van der Waals surface area (Å²) in [5, 5.41) is 8.64. The molecule has 3 aromatic rings. The molecule has 0 radical (unpaired) electrons. The summed E-state index contributed by atoms with van der Waals surface area (Å²) in [6.07, 6.45) is 9.26. The summed E-state index contributed by atoms with van der Waals surface area (Å²) in [7, 11) is 0. The van der Waals surface area contributed by atoms with Crippen molar-refractivity contribution in [3.05, 3.63) is 66.8 Å². The van der Waals surface area contributed by atoms with Crippen molar-refractivity contribution in [3.63, 3.8) is 0 Å². The Hall–Kier alpha value is -3.46. The molecule has 2 N–H and O–H groups in total. The Balaban J connectivity index is 1.89. The molecule has 0 unspecified atom stereocenters. The third-order valence-corrected chi connectivity index (χ3v) is 3.18. The maximum atomic E-state index is 11.3. The minimum atomic E-state index is -0.615. The third kappa shape index (κ3) is 3.47. The first-order valence-corrected chi connectivity index (χ1v) is 6.97. The molecule has 3 heterocycles. The summed E-state index contributed by atoms with van der Waals surface area (Å²) in [6.45, 7) is 0.372. The van der Waals surface area contributed by atoms with Crippen LogP contribution in [0, 0.1) is 0 Å². The fourth-order valence-electron chi connectivity index (χ4n) is 2.03. The van der Waals surface area contributed by atoms with Gasteiger partial charge < -0.3 is 4.90 Å². The quantitative estimate of drug-likeness (QED) is 0.530. The SMILES string of the molecule is O=C(NO)c1ccc(CN(c2ccncn2)c2cnccn2)nc1. The van der Waals surface area contributed by atoms with E-state index in [0.717, 1.165) is 0 Å². The topological polar surface area (TPSA) is 117 Å². The lowest BCUT2D eigenvalue weighted by Gasteiger charge is -2.21. The van der Waals surface area contributed by atoms with E-state index in [1.165, 1.54) is 12.5 Å². The highest BCUT2D eigenvalue weighted by atomic mass is 16.5. The van der Waals surface area contributed by atoms with Crippen LogP contribution in [-0.4, -0.2) is 36.0 Å². The predicted molar refractivity (Wildman–Crippen MR) is 83.4 cm³/mol. The molecule has 0 atom stereocenters. The van der Waals surface area contributed by atoms with Crippen molar-refractivity contribution in [2.45, 2.75) is 6.54 Å². The zero-order chi connectivity index (χ0) is 16.8. The summed E-state index contributed by atoms with van der Waals surface area (Å²) < 4.78 is 0. The van der Waals surface area contributed by atoms with Crippen molar-refractivity contribution in [3.8, 4) is 0 Å². The van der Waals surface area contributed by atoms with Gasteiger partial charge in [-0.15, -0.1) is 0 Å². The van der Waals surface area contributed by atoms with Gasteiger partial charge in [-0.05, 0) is 18.2 Å². The Labute approximate surface area is 137 Å². The molecule has 1 amide bonds. The molecule has 0 fully saturated rings. The van der Waals surface area contributed by atoms with Gasteiger partial charge in [-0.3, -0.25) is 20.0 Å². The molecule has 0 saturated heterocycles. The van der Waals surface area contributed by atoms with E-state index < -0.39 is 5.91 Å². The van der Waals surface area contributed by atoms with Gasteiger partial charge in [-0.25, -0.2) is 20.4 Å². The average Bonchev–Trinajstić information content (AvgIpc) is 2.67. The highest BCUT2D eigenvalue weighted by molar-refractivity contribution is 5.92. The molecule has 0 aliphatic heterocycles. The minimum absolute atomic E-state index is 0.259. The van der Waals surface area contributed by atoms with E-state index in [0.29, 0.717) is 23.9 Å². The second kappa shape index (κ2) is 7.20. The van der Waals surface area contributed by atoms with Gasteiger partial charge in [-0.2, -0.15) is 0 Å². The summed E-state index contributed by atoms with van der Waals surface area (Å²) in [6, 6.07) is 5.01. The van der Waals surface area contributed by atoms with Gasteiger partial charge in [0.05, 0.1) is 24.0 Å². The smallest absolute Gasteiger partial charge is 0.276 e. The zero-order valence-electron chi connectivity index (χ0n) is 12.4. The molecule has 0 aromatic carbocycles. The van der Waals surface area contributed by atoms with Crippen LogP contribution < -0.4 is 10.4 Å². The number of aromatic nitrogens is 5. The highest BCUT2D eigenvalue weighted by Gasteiger charge is 2.14. The number of nitrogens with one attached hydrogen (secondary N) is 1. The van der Waals surface area contributed by atoms with Crippen LogP contribution in [-0.2, 0) is 6.54 Å². The minimum Gasteiger partial charge on any atom is -0.304 e. The zero-order valence-corrected chi connectivity index (χ0v) is 12.4. The van der Waals surface area contributed by atoms with Gasteiger partial charge in [0.1, 0.15) is 12.1 Å². The number of nitrogens with zero attached hydrogens (tertiary/aromatic N) is 6. The van der Waals surface area contributed by atoms with E-state index in [-0.39, 0.29) is 5.56 Å². The fourth-order valence-corrected chi connectivity index (χ4v) is 2.03. The van der Waals surface area contributed by atoms with E-state index in [1.807, 2.05) is 4.90 Å². The summed E-state index contributed by atoms with van der Waals surface area (Å²) in [4.78, 5) is 33.9. The Kier molecular flexibility index (Phi) is 4.63. The summed E-state index contributed by atoms with van der Waals surface area (Å²) in [5.74, 6) is 0.635. The van der Waals surface area contributed by atoms with Crippen LogP contribution in [0.3, 0.4) is 0 Å². The van der Waals surface area contributed by atoms with Gasteiger partial charge >= 0.3 is 0 Å². The van der Waals surface area contributed by atoms with E-state index in [9.17, 15) is 4.79 Å². The van der Waals surface area contributed by atoms with Crippen LogP contribution in [0.15, 0.2) is 55.5 Å². The summed E-state index contributed by atoms with van der Waals surface area (Å²) in [5.41, 5.74) is 2.52. The Morgan fingerprint density at radius 1 is 1.00 bits per heavy atom. The maximum absolute atomic E-state index is 11.3. The molecule has 0 spiro atoms. The number of pyridine rings is 1. The van der Waals surface area contributed by atoms with Gasteiger partial charge in [0.15, 0.2) is 5.82 Å². The molecule has 9 nitrogen and oxygen atoms in total. The van der Waals surface area contributed by atoms with Crippen molar-refractivity contribution in [2.24, 2.45) is 0 Å². The van der Waals surface area contributed by atoms with E-state index in [1.54, 1.807) is 48.5 Å². The van der Waals surface area contributed by atoms with E-state index >= 15 is 0 Å². The average molecular weight is 323 g/mol. The van der Waals surface area contributed by atoms with Crippen LogP contribution >= 0.6 is 0 Å². The molecule has 3 rings (SSSR count). The van der Waals surface area contributed by atoms with Crippen molar-refractivity contribution < 1.29 is 10.0 Å². The molecule has 120 valence electrons. The first-order chi connectivity index (χ1) is 11.8. The van der Waals surface area contributed by atoms with Crippen LogP contribution in [0.5, 0.6) is 0 Å². The standard InChI is InChI=1S/C15H13N7O2/c23-15(21-24)11-1-2-12(19-7-11)9-22(13-3-4-17-10-20-13)14-8-16-5-6-18-14/h1-8,10,24H,9H2,(H,21,23). The largest absolute Gasteiger partial charge is 0.304 e. The van der Waals surface area contributed by atoms with Gasteiger partial charge in [0.2, 0.25) is 0 Å². The highest BCUT2D eigenvalue weighted by Crippen LogP contribution is 2.21. The van der Waals surface area contributed by atoms with Crippen LogP contribution in [0.1, 0.15) is 16.1 Å². The Morgan fingerprint density at radius 3 is 2.54 bits per heavy atom. The number of hydroxylamine groups is 1. The lowest BCUT2D eigenvalue weighted by atomic mass is 10.2. The number of carbonyl (C=O) groups is 1. The van der Waals surface area contributed by atoms with Crippen molar-refractivity contribution in [1.82, 2.24) is 30.4 Å². The van der Waals surface area contributed by atoms with Crippen LogP contribution in [0.4, 0.5) is 11.6 Å². The molecule has 24 heavy (non-hydrogen) atoms. The second-order valence-corrected chi connectivity index (χ2v) is 4.70. The number of anilines is 2. The molecule has 0 aliphatic carbocycles. The van der Waals surface area contributed by atoms with Gasteiger partial charge in [-0.1, -0.05) is 0 Å². The fraction of sp³-hybridized carbons (Fsp3) is 0.0667. The first kappa shape index (κ1) is 15.4. The lowest BCUT2D eigenvalue weighted by Crippen LogP contribution is -2.21. The van der Waals surface area contributed by atoms with Crippen LogP contribution in [0.25, 0.3) is 0 Å². The van der Waals surface area contributed by atoms with Crippen molar-refractivity contribution >= 4 is 17.5 Å². The number of carbonyl (C=O) groups excluding carboxylic acids is 1. The van der Waals surface area contributed by atoms with E-state index in [4.69, 9.17) is 5.21 Å². The number of hydrogen-bond donors (Lipinski definition) is 2. The molecular formula is C15H13N7O2. The lowest BCUT2D eigenvalue weighted by molar-refractivity contribution is 0.0706. The molecule has 3 aromatic heterocycles. The Morgan fingerprint density at radius 2 is 1.92 bits per heavy atom. The van der Waals surface area contributed by atoms with Crippen molar-refractivity contribution in [1.29, 1.82) is 0 Å². The van der Waals surface area contributed by atoms with Crippen LogP contribution in [0.2, 0.25) is 0 Å². The molecular weight excluding hydrogens is 310 g/mol. The third-order valence-electron chi connectivity index (χ3n) is 3.18. The molecule has 0 aliphatic rings. The Bertz CT molecular complexity index is 758. The normalized spacial score (nSPS) is 10.2. The van der Waals surface area contributed by atoms with Gasteiger partial charge in [0, 0.05) is 24.8 Å². The van der Waals surface area contributed by atoms with Crippen molar-refractivity contribution in [2.75, 3.05) is 4.90 Å². The van der Waals surface area contributed by atoms with E-state index in [2.05, 4.69) is 24.9 Å². The maximum Gasteiger partial charge on any atom is 0.276 e.